The molecule has 0 radical (unpaired) electrons. The van der Waals surface area contributed by atoms with E-state index in [1.807, 2.05) is 37.3 Å². The Morgan fingerprint density at radius 1 is 1.23 bits per heavy atom. The molecule has 0 saturated heterocycles. The van der Waals surface area contributed by atoms with E-state index in [1.165, 1.54) is 4.90 Å². The molecule has 1 heterocycles. The Bertz CT molecular complexity index is 861. The highest BCUT2D eigenvalue weighted by Gasteiger charge is 2.26. The van der Waals surface area contributed by atoms with Crippen molar-refractivity contribution >= 4 is 29.3 Å². The average molecular weight is 352 g/mol. The van der Waals surface area contributed by atoms with Crippen LogP contribution in [0.2, 0.25) is 0 Å². The van der Waals surface area contributed by atoms with E-state index in [1.54, 1.807) is 31.4 Å². The fraction of sp³-hybridized carbons (Fsp3) is 0.200. The molecular weight excluding hydrogens is 332 g/mol. The minimum atomic E-state index is -0.299. The molecule has 0 saturated carbocycles. The van der Waals surface area contributed by atoms with Gasteiger partial charge in [-0.2, -0.15) is 0 Å². The first-order valence-corrected chi connectivity index (χ1v) is 8.25. The average Bonchev–Trinajstić information content (AvgIpc) is 2.66. The number of hydrogen-bond donors (Lipinski definition) is 1. The van der Waals surface area contributed by atoms with E-state index >= 15 is 0 Å². The number of fused-ring (bicyclic) bond motifs is 1. The molecule has 2 aromatic carbocycles. The lowest BCUT2D eigenvalue weighted by atomic mass is 10.2. The van der Waals surface area contributed by atoms with E-state index in [2.05, 4.69) is 5.32 Å². The maximum Gasteiger partial charge on any atom is 0.265 e. The Kier molecular flexibility index (Phi) is 5.22. The van der Waals surface area contributed by atoms with Gasteiger partial charge in [-0.05, 0) is 36.8 Å². The van der Waals surface area contributed by atoms with Gasteiger partial charge in [0.2, 0.25) is 5.91 Å². The Labute approximate surface area is 152 Å². The number of methoxy groups -OCH3 is 1. The molecule has 1 aliphatic rings. The Balaban J connectivity index is 1.74. The molecule has 0 atom stereocenters. The van der Waals surface area contributed by atoms with Crippen molar-refractivity contribution in [1.29, 1.82) is 0 Å². The summed E-state index contributed by atoms with van der Waals surface area (Å²) in [4.78, 5) is 25.9. The third kappa shape index (κ3) is 3.69. The van der Waals surface area contributed by atoms with Gasteiger partial charge in [-0.1, -0.05) is 30.4 Å². The molecule has 26 heavy (non-hydrogen) atoms. The highest BCUT2D eigenvalue weighted by Crippen LogP contribution is 2.31. The van der Waals surface area contributed by atoms with Gasteiger partial charge in [-0.3, -0.25) is 14.5 Å². The molecule has 0 spiro atoms. The van der Waals surface area contributed by atoms with Gasteiger partial charge in [0.1, 0.15) is 6.54 Å². The molecule has 134 valence electrons. The van der Waals surface area contributed by atoms with E-state index < -0.39 is 0 Å². The molecule has 0 fully saturated rings. The van der Waals surface area contributed by atoms with Gasteiger partial charge in [0.25, 0.3) is 5.91 Å². The first kappa shape index (κ1) is 17.5. The number of allylic oxidation sites excluding steroid dienone is 1. The smallest absolute Gasteiger partial charge is 0.265 e. The number of nitrogens with zero attached hydrogens (tertiary/aromatic N) is 1. The number of para-hydroxylation sites is 2. The Morgan fingerprint density at radius 2 is 2.04 bits per heavy atom. The van der Waals surface area contributed by atoms with Crippen LogP contribution in [0.25, 0.3) is 6.08 Å². The molecular formula is C20H20N2O4. The molecule has 6 heteroatoms. The lowest BCUT2D eigenvalue weighted by Gasteiger charge is -2.29. The summed E-state index contributed by atoms with van der Waals surface area (Å²) in [7, 11) is 1.55. The largest absolute Gasteiger partial charge is 0.493 e. The van der Waals surface area contributed by atoms with Crippen LogP contribution < -0.4 is 19.7 Å². The van der Waals surface area contributed by atoms with E-state index in [9.17, 15) is 9.59 Å². The summed E-state index contributed by atoms with van der Waals surface area (Å²) >= 11 is 0. The topological polar surface area (TPSA) is 67.9 Å². The van der Waals surface area contributed by atoms with Crippen LogP contribution in [0.15, 0.2) is 48.5 Å². The summed E-state index contributed by atoms with van der Waals surface area (Å²) in [6.45, 7) is 1.71. The van der Waals surface area contributed by atoms with Crippen molar-refractivity contribution in [3.05, 3.63) is 54.1 Å². The number of rotatable bonds is 5. The lowest BCUT2D eigenvalue weighted by molar-refractivity contribution is -0.123. The summed E-state index contributed by atoms with van der Waals surface area (Å²) < 4.78 is 11.0. The summed E-state index contributed by atoms with van der Waals surface area (Å²) in [5.41, 5.74) is 2.26. The van der Waals surface area contributed by atoms with Crippen LogP contribution in [-0.4, -0.2) is 32.1 Å². The van der Waals surface area contributed by atoms with Crippen LogP contribution in [-0.2, 0) is 9.59 Å². The molecule has 6 nitrogen and oxygen atoms in total. The maximum absolute atomic E-state index is 12.6. The number of hydrogen-bond acceptors (Lipinski definition) is 4. The van der Waals surface area contributed by atoms with E-state index in [0.717, 1.165) is 5.56 Å². The zero-order valence-corrected chi connectivity index (χ0v) is 14.7. The standard InChI is InChI=1S/C20H20N2O4/c1-3-6-14-9-10-17(18(11-14)25-2)26-13-20(24)22-12-19(23)21-15-7-4-5-8-16(15)22/h3-11H,12-13H2,1-2H3,(H,21,23)/b6-3-. The van der Waals surface area contributed by atoms with Crippen LogP contribution in [0.1, 0.15) is 12.5 Å². The normalized spacial score (nSPS) is 13.3. The van der Waals surface area contributed by atoms with Gasteiger partial charge < -0.3 is 14.8 Å². The Hall–Kier alpha value is -3.28. The van der Waals surface area contributed by atoms with Gasteiger partial charge in [0.05, 0.1) is 18.5 Å². The zero-order chi connectivity index (χ0) is 18.5. The SMILES string of the molecule is C/C=C\c1ccc(OCC(=O)N2CC(=O)Nc3ccccc32)c(OC)c1. The highest BCUT2D eigenvalue weighted by atomic mass is 16.5. The third-order valence-corrected chi connectivity index (χ3v) is 3.97. The van der Waals surface area contributed by atoms with Crippen molar-refractivity contribution in [1.82, 2.24) is 0 Å². The van der Waals surface area contributed by atoms with Gasteiger partial charge >= 0.3 is 0 Å². The number of nitrogens with one attached hydrogen (secondary N) is 1. The molecule has 1 N–H and O–H groups in total. The van der Waals surface area contributed by atoms with Gasteiger partial charge in [-0.15, -0.1) is 0 Å². The van der Waals surface area contributed by atoms with Crippen molar-refractivity contribution in [2.24, 2.45) is 0 Å². The molecule has 2 aromatic rings. The van der Waals surface area contributed by atoms with E-state index in [0.29, 0.717) is 22.9 Å². The highest BCUT2D eigenvalue weighted by molar-refractivity contribution is 6.10. The fourth-order valence-corrected chi connectivity index (χ4v) is 2.77. The van der Waals surface area contributed by atoms with Crippen LogP contribution >= 0.6 is 0 Å². The third-order valence-electron chi connectivity index (χ3n) is 3.97. The molecule has 0 aromatic heterocycles. The maximum atomic E-state index is 12.6. The molecule has 0 aliphatic carbocycles. The number of carbonyl (C=O) groups excluding carboxylic acids is 2. The zero-order valence-electron chi connectivity index (χ0n) is 14.7. The lowest BCUT2D eigenvalue weighted by Crippen LogP contribution is -2.44. The van der Waals surface area contributed by atoms with Crippen LogP contribution in [0.3, 0.4) is 0 Å². The number of benzene rings is 2. The predicted octanol–water partition coefficient (Wildman–Crippen LogP) is 3.09. The number of carbonyl (C=O) groups is 2. The second-order valence-corrected chi connectivity index (χ2v) is 5.74. The molecule has 0 bridgehead atoms. The van der Waals surface area contributed by atoms with Gasteiger partial charge in [0.15, 0.2) is 18.1 Å². The summed E-state index contributed by atoms with van der Waals surface area (Å²) in [6, 6.07) is 12.7. The van der Waals surface area contributed by atoms with E-state index in [4.69, 9.17) is 9.47 Å². The minimum Gasteiger partial charge on any atom is -0.493 e. The minimum absolute atomic E-state index is 0.0312. The van der Waals surface area contributed by atoms with E-state index in [-0.39, 0.29) is 25.0 Å². The van der Waals surface area contributed by atoms with Crippen molar-refractivity contribution in [3.63, 3.8) is 0 Å². The monoisotopic (exact) mass is 352 g/mol. The summed E-state index contributed by atoms with van der Waals surface area (Å²) in [5, 5.41) is 2.75. The number of ether oxygens (including phenoxy) is 2. The van der Waals surface area contributed by atoms with Crippen LogP contribution in [0.4, 0.5) is 11.4 Å². The van der Waals surface area contributed by atoms with Crippen molar-refractivity contribution in [2.45, 2.75) is 6.92 Å². The summed E-state index contributed by atoms with van der Waals surface area (Å²) in [5.74, 6) is 0.492. The van der Waals surface area contributed by atoms with Crippen molar-refractivity contribution in [2.75, 3.05) is 30.5 Å². The quantitative estimate of drug-likeness (QED) is 0.898. The molecule has 0 unspecified atom stereocenters. The van der Waals surface area contributed by atoms with Crippen molar-refractivity contribution < 1.29 is 19.1 Å². The number of anilines is 2. The van der Waals surface area contributed by atoms with Gasteiger partial charge in [-0.25, -0.2) is 0 Å². The molecule has 3 rings (SSSR count). The fourth-order valence-electron chi connectivity index (χ4n) is 2.77. The first-order chi connectivity index (χ1) is 12.6. The second kappa shape index (κ2) is 7.74. The predicted molar refractivity (Wildman–Crippen MR) is 101 cm³/mol. The molecule has 2 amide bonds. The van der Waals surface area contributed by atoms with Crippen LogP contribution in [0, 0.1) is 0 Å². The summed E-state index contributed by atoms with van der Waals surface area (Å²) in [6.07, 6.45) is 3.87. The Morgan fingerprint density at radius 3 is 2.81 bits per heavy atom. The number of amides is 2. The van der Waals surface area contributed by atoms with Gasteiger partial charge in [0, 0.05) is 0 Å². The van der Waals surface area contributed by atoms with Crippen molar-refractivity contribution in [3.8, 4) is 11.5 Å². The first-order valence-electron chi connectivity index (χ1n) is 8.25. The second-order valence-electron chi connectivity index (χ2n) is 5.74. The molecule has 1 aliphatic heterocycles. The van der Waals surface area contributed by atoms with Crippen LogP contribution in [0.5, 0.6) is 11.5 Å².